The Morgan fingerprint density at radius 1 is 0.410 bits per heavy atom. The largest absolute Gasteiger partial charge is 0.204 e. The second kappa shape index (κ2) is 29.9. The average Bonchev–Trinajstić information content (AvgIpc) is 2.96. The van der Waals surface area contributed by atoms with E-state index in [0.29, 0.717) is 0 Å². The zero-order chi connectivity index (χ0) is 27.9. The fraction of sp³-hybridized carbons (Fsp3) is 0.816. The van der Waals surface area contributed by atoms with Crippen LogP contribution in [0.2, 0.25) is 0 Å². The number of hydrogen-bond acceptors (Lipinski definition) is 0. The molecular weight excluding hydrogens is 470 g/mol. The fourth-order valence-electron chi connectivity index (χ4n) is 5.83. The zero-order valence-corrected chi connectivity index (χ0v) is 26.9. The SMILES string of the molecule is CCCCCCCCCCCCCCCC=[N+](CCCCCCCCCCCCCCCC)c1ccccc1. The highest BCUT2D eigenvalue weighted by Gasteiger charge is 2.08. The van der Waals surface area contributed by atoms with E-state index in [1.165, 1.54) is 192 Å². The van der Waals surface area contributed by atoms with Crippen LogP contribution in [0, 0.1) is 0 Å². The molecule has 0 fully saturated rings. The van der Waals surface area contributed by atoms with E-state index in [1.807, 2.05) is 0 Å². The second-order valence-corrected chi connectivity index (χ2v) is 12.3. The quantitative estimate of drug-likeness (QED) is 0.0518. The van der Waals surface area contributed by atoms with Gasteiger partial charge in [-0.15, -0.1) is 0 Å². The molecule has 0 N–H and O–H groups in total. The summed E-state index contributed by atoms with van der Waals surface area (Å²) >= 11 is 0. The lowest BCUT2D eigenvalue weighted by Gasteiger charge is -2.05. The van der Waals surface area contributed by atoms with E-state index in [0.717, 1.165) is 0 Å². The first kappa shape index (κ1) is 35.9. The van der Waals surface area contributed by atoms with Gasteiger partial charge < -0.3 is 0 Å². The van der Waals surface area contributed by atoms with E-state index in [1.54, 1.807) is 0 Å². The van der Waals surface area contributed by atoms with Gasteiger partial charge in [-0.25, -0.2) is 4.58 Å². The maximum absolute atomic E-state index is 2.54. The summed E-state index contributed by atoms with van der Waals surface area (Å²) in [6.07, 6.45) is 42.4. The van der Waals surface area contributed by atoms with Crippen LogP contribution in [0.15, 0.2) is 30.3 Å². The third-order valence-electron chi connectivity index (χ3n) is 8.50. The van der Waals surface area contributed by atoms with Gasteiger partial charge in [0.25, 0.3) is 0 Å². The number of hydrogen-bond donors (Lipinski definition) is 0. The van der Waals surface area contributed by atoms with Crippen LogP contribution in [0.4, 0.5) is 5.69 Å². The van der Waals surface area contributed by atoms with Gasteiger partial charge in [0.1, 0.15) is 12.8 Å². The maximum atomic E-state index is 2.54. The van der Waals surface area contributed by atoms with Crippen LogP contribution in [0.1, 0.15) is 194 Å². The Morgan fingerprint density at radius 3 is 1.13 bits per heavy atom. The number of para-hydroxylation sites is 1. The molecule has 0 bridgehead atoms. The van der Waals surface area contributed by atoms with Gasteiger partial charge >= 0.3 is 0 Å². The Kier molecular flexibility index (Phi) is 27.5. The highest BCUT2D eigenvalue weighted by atomic mass is 15.0. The van der Waals surface area contributed by atoms with Crippen molar-refractivity contribution in [3.8, 4) is 0 Å². The molecule has 0 heterocycles. The van der Waals surface area contributed by atoms with Crippen molar-refractivity contribution in [2.24, 2.45) is 0 Å². The Morgan fingerprint density at radius 2 is 0.744 bits per heavy atom. The predicted octanol–water partition coefficient (Wildman–Crippen LogP) is 13.4. The van der Waals surface area contributed by atoms with Gasteiger partial charge in [-0.2, -0.15) is 0 Å². The normalized spacial score (nSPS) is 11.9. The lowest BCUT2D eigenvalue weighted by Crippen LogP contribution is -2.09. The van der Waals surface area contributed by atoms with Crippen molar-refractivity contribution >= 4 is 11.9 Å². The standard InChI is InChI=1S/C38H70N/c1-3-5-7-9-11-13-15-17-19-21-23-25-27-32-36-39(38-34-30-29-31-35-38)37-33-28-26-24-22-20-18-16-14-12-10-8-6-4-2/h29-31,34-36H,3-28,32-33,37H2,1-2H3/q+1. The molecule has 0 aliphatic carbocycles. The van der Waals surface area contributed by atoms with E-state index in [2.05, 4.69) is 55.0 Å². The van der Waals surface area contributed by atoms with Gasteiger partial charge in [0.15, 0.2) is 0 Å². The Bertz CT molecular complexity index is 619. The third-order valence-corrected chi connectivity index (χ3v) is 8.50. The van der Waals surface area contributed by atoms with Gasteiger partial charge in [0.05, 0.1) is 0 Å². The fourth-order valence-corrected chi connectivity index (χ4v) is 5.83. The summed E-state index contributed by atoms with van der Waals surface area (Å²) in [5, 5.41) is 0. The number of rotatable bonds is 30. The minimum atomic E-state index is 1.18. The first-order chi connectivity index (χ1) is 19.4. The molecule has 0 unspecified atom stereocenters. The summed E-state index contributed by atoms with van der Waals surface area (Å²) < 4.78 is 2.54. The smallest absolute Gasteiger partial charge is 0.203 e. The van der Waals surface area contributed by atoms with E-state index < -0.39 is 0 Å². The molecule has 0 spiro atoms. The molecule has 226 valence electrons. The van der Waals surface area contributed by atoms with E-state index >= 15 is 0 Å². The van der Waals surface area contributed by atoms with Crippen molar-refractivity contribution in [1.82, 2.24) is 0 Å². The first-order valence-corrected chi connectivity index (χ1v) is 18.0. The average molecular weight is 541 g/mol. The van der Waals surface area contributed by atoms with Gasteiger partial charge in [-0.1, -0.05) is 186 Å². The van der Waals surface area contributed by atoms with Crippen LogP contribution in [0.25, 0.3) is 0 Å². The third kappa shape index (κ3) is 24.4. The summed E-state index contributed by atoms with van der Waals surface area (Å²) in [7, 11) is 0. The molecule has 1 rings (SSSR count). The summed E-state index contributed by atoms with van der Waals surface area (Å²) in [6.45, 7) is 5.79. The molecule has 1 heteroatoms. The molecule has 1 nitrogen and oxygen atoms in total. The summed E-state index contributed by atoms with van der Waals surface area (Å²) in [6, 6.07) is 11.1. The molecule has 1 aromatic carbocycles. The molecule has 0 saturated carbocycles. The van der Waals surface area contributed by atoms with E-state index in [4.69, 9.17) is 0 Å². The number of benzene rings is 1. The number of unbranched alkanes of at least 4 members (excludes halogenated alkanes) is 26. The van der Waals surface area contributed by atoms with Crippen molar-refractivity contribution in [2.45, 2.75) is 194 Å². The Labute approximate surface area is 246 Å². The highest BCUT2D eigenvalue weighted by molar-refractivity contribution is 5.53. The topological polar surface area (TPSA) is 3.01 Å². The van der Waals surface area contributed by atoms with Gasteiger partial charge in [0, 0.05) is 25.0 Å². The van der Waals surface area contributed by atoms with Crippen LogP contribution in [-0.4, -0.2) is 17.3 Å². The van der Waals surface area contributed by atoms with Crippen LogP contribution >= 0.6 is 0 Å². The van der Waals surface area contributed by atoms with Crippen LogP contribution in [0.5, 0.6) is 0 Å². The summed E-state index contributed by atoms with van der Waals surface area (Å²) in [5.74, 6) is 0. The minimum Gasteiger partial charge on any atom is -0.203 e. The van der Waals surface area contributed by atoms with Gasteiger partial charge in [0.2, 0.25) is 5.69 Å². The van der Waals surface area contributed by atoms with Crippen molar-refractivity contribution in [1.29, 1.82) is 0 Å². The highest BCUT2D eigenvalue weighted by Crippen LogP contribution is 2.16. The maximum Gasteiger partial charge on any atom is 0.204 e. The second-order valence-electron chi connectivity index (χ2n) is 12.3. The van der Waals surface area contributed by atoms with E-state index in [9.17, 15) is 0 Å². The summed E-state index contributed by atoms with van der Waals surface area (Å²) in [4.78, 5) is 0. The lowest BCUT2D eigenvalue weighted by atomic mass is 10.0. The molecule has 0 amide bonds. The van der Waals surface area contributed by atoms with Crippen molar-refractivity contribution in [2.75, 3.05) is 6.54 Å². The van der Waals surface area contributed by atoms with Crippen molar-refractivity contribution in [3.05, 3.63) is 30.3 Å². The molecule has 0 aliphatic rings. The van der Waals surface area contributed by atoms with Crippen LogP contribution < -0.4 is 0 Å². The zero-order valence-electron chi connectivity index (χ0n) is 26.9. The van der Waals surface area contributed by atoms with Crippen molar-refractivity contribution < 1.29 is 4.58 Å². The van der Waals surface area contributed by atoms with Crippen molar-refractivity contribution in [3.63, 3.8) is 0 Å². The molecule has 0 atom stereocenters. The van der Waals surface area contributed by atoms with Gasteiger partial charge in [-0.3, -0.25) is 0 Å². The minimum absolute atomic E-state index is 1.18. The lowest BCUT2D eigenvalue weighted by molar-refractivity contribution is -0.437. The summed E-state index contributed by atoms with van der Waals surface area (Å²) in [5.41, 5.74) is 1.38. The van der Waals surface area contributed by atoms with Gasteiger partial charge in [-0.05, 0) is 12.8 Å². The molecule has 0 radical (unpaired) electrons. The predicted molar refractivity (Wildman–Crippen MR) is 178 cm³/mol. The molecule has 1 aromatic rings. The molecule has 0 saturated heterocycles. The molecular formula is C38H70N+. The molecule has 0 aromatic heterocycles. The number of nitrogens with zero attached hydrogens (tertiary/aromatic N) is 1. The van der Waals surface area contributed by atoms with Crippen LogP contribution in [0.3, 0.4) is 0 Å². The molecule has 0 aliphatic heterocycles. The Hall–Kier alpha value is -1.11. The van der Waals surface area contributed by atoms with Crippen LogP contribution in [-0.2, 0) is 0 Å². The Balaban J connectivity index is 2.04. The first-order valence-electron chi connectivity index (χ1n) is 18.0. The molecule has 39 heavy (non-hydrogen) atoms. The monoisotopic (exact) mass is 541 g/mol. The van der Waals surface area contributed by atoms with E-state index in [-0.39, 0.29) is 0 Å².